The quantitative estimate of drug-likeness (QED) is 0.619. The van der Waals surface area contributed by atoms with E-state index < -0.39 is 11.6 Å². The lowest BCUT2D eigenvalue weighted by Crippen LogP contribution is -2.18. The van der Waals surface area contributed by atoms with Crippen molar-refractivity contribution in [3.8, 4) is 0 Å². The van der Waals surface area contributed by atoms with E-state index in [-0.39, 0.29) is 22.7 Å². The molecule has 1 aliphatic rings. The van der Waals surface area contributed by atoms with Gasteiger partial charge in [0, 0.05) is 5.56 Å². The van der Waals surface area contributed by atoms with Crippen molar-refractivity contribution in [2.24, 2.45) is 0 Å². The highest BCUT2D eigenvalue weighted by atomic mass is 16.3. The molecule has 0 radical (unpaired) electrons. The van der Waals surface area contributed by atoms with E-state index in [4.69, 9.17) is 4.42 Å². The summed E-state index contributed by atoms with van der Waals surface area (Å²) in [5.41, 5.74) is 1.67. The molecular formula is C16H10O4. The van der Waals surface area contributed by atoms with Gasteiger partial charge >= 0.3 is 0 Å². The van der Waals surface area contributed by atoms with Gasteiger partial charge in [-0.25, -0.2) is 0 Å². The van der Waals surface area contributed by atoms with Crippen LogP contribution < -0.4 is 0 Å². The molecule has 20 heavy (non-hydrogen) atoms. The molecule has 0 bridgehead atoms. The normalized spacial score (nSPS) is 13.4. The number of benzene rings is 1. The van der Waals surface area contributed by atoms with Crippen molar-refractivity contribution in [2.75, 3.05) is 0 Å². The van der Waals surface area contributed by atoms with Gasteiger partial charge in [0.15, 0.2) is 5.78 Å². The van der Waals surface area contributed by atoms with Crippen LogP contribution in [-0.4, -0.2) is 17.3 Å². The van der Waals surface area contributed by atoms with Crippen molar-refractivity contribution in [3.05, 3.63) is 64.6 Å². The Morgan fingerprint density at radius 3 is 2.45 bits per heavy atom. The number of hydrogen-bond acceptors (Lipinski definition) is 4. The van der Waals surface area contributed by atoms with Crippen molar-refractivity contribution >= 4 is 23.4 Å². The van der Waals surface area contributed by atoms with Gasteiger partial charge in [0.25, 0.3) is 0 Å². The summed E-state index contributed by atoms with van der Waals surface area (Å²) in [5, 5.41) is 0. The van der Waals surface area contributed by atoms with Crippen LogP contribution in [0.15, 0.2) is 41.0 Å². The van der Waals surface area contributed by atoms with E-state index in [0.29, 0.717) is 5.56 Å². The summed E-state index contributed by atoms with van der Waals surface area (Å²) in [6, 6.07) is 6.99. The minimum Gasteiger partial charge on any atom is -0.463 e. The van der Waals surface area contributed by atoms with E-state index in [0.717, 1.165) is 11.6 Å². The number of fused-ring (bicyclic) bond motifs is 1. The van der Waals surface area contributed by atoms with Crippen LogP contribution in [0.3, 0.4) is 0 Å². The third-order valence-corrected chi connectivity index (χ3v) is 3.21. The zero-order valence-corrected chi connectivity index (χ0v) is 10.7. The maximum atomic E-state index is 12.4. The third kappa shape index (κ3) is 1.82. The molecule has 0 amide bonds. The predicted octanol–water partition coefficient (Wildman–Crippen LogP) is 2.60. The van der Waals surface area contributed by atoms with E-state index in [1.165, 1.54) is 12.3 Å². The topological polar surface area (TPSA) is 64.3 Å². The summed E-state index contributed by atoms with van der Waals surface area (Å²) in [5.74, 6) is -1.42. The van der Waals surface area contributed by atoms with Gasteiger partial charge in [0.2, 0.25) is 11.6 Å². The average molecular weight is 266 g/mol. The number of carbonyl (C=O) groups is 3. The molecule has 0 unspecified atom stereocenters. The first-order chi connectivity index (χ1) is 9.58. The lowest BCUT2D eigenvalue weighted by Gasteiger charge is -2.04. The summed E-state index contributed by atoms with van der Waals surface area (Å²) >= 11 is 0. The summed E-state index contributed by atoms with van der Waals surface area (Å²) in [6.07, 6.45) is 3.78. The summed E-state index contributed by atoms with van der Waals surface area (Å²) in [6.45, 7) is 1.92. The number of rotatable bonds is 2. The number of ketones is 3. The summed E-state index contributed by atoms with van der Waals surface area (Å²) in [4.78, 5) is 35.7. The van der Waals surface area contributed by atoms with Crippen LogP contribution in [0.5, 0.6) is 0 Å². The Labute approximate surface area is 114 Å². The Bertz CT molecular complexity index is 760. The molecule has 0 saturated carbocycles. The Kier molecular flexibility index (Phi) is 2.71. The zero-order chi connectivity index (χ0) is 14.3. The molecule has 0 spiro atoms. The first-order valence-electron chi connectivity index (χ1n) is 6.07. The minimum absolute atomic E-state index is 0.0584. The molecule has 4 heteroatoms. The van der Waals surface area contributed by atoms with E-state index >= 15 is 0 Å². The SMILES string of the molecule is Cc1ccc(C(=O)c2coc3c2C(=O)C(=O)C=C3)cc1. The molecule has 0 atom stereocenters. The Morgan fingerprint density at radius 2 is 1.75 bits per heavy atom. The molecule has 0 fully saturated rings. The average Bonchev–Trinajstić information content (AvgIpc) is 2.87. The van der Waals surface area contributed by atoms with E-state index in [2.05, 4.69) is 0 Å². The molecule has 0 aliphatic heterocycles. The molecular weight excluding hydrogens is 256 g/mol. The molecule has 2 aromatic rings. The molecule has 1 heterocycles. The van der Waals surface area contributed by atoms with Crippen molar-refractivity contribution in [1.29, 1.82) is 0 Å². The van der Waals surface area contributed by atoms with Crippen molar-refractivity contribution in [1.82, 2.24) is 0 Å². The molecule has 1 aromatic carbocycles. The molecule has 4 nitrogen and oxygen atoms in total. The first-order valence-corrected chi connectivity index (χ1v) is 6.07. The number of Topliss-reactive ketones (excluding diaryl/α,β-unsaturated/α-hetero) is 1. The highest BCUT2D eigenvalue weighted by Gasteiger charge is 2.30. The van der Waals surface area contributed by atoms with Crippen LogP contribution in [0.25, 0.3) is 6.08 Å². The first kappa shape index (κ1) is 12.3. The van der Waals surface area contributed by atoms with Gasteiger partial charge in [-0.2, -0.15) is 0 Å². The van der Waals surface area contributed by atoms with Gasteiger partial charge in [-0.15, -0.1) is 0 Å². The molecule has 1 aliphatic carbocycles. The maximum Gasteiger partial charge on any atom is 0.237 e. The minimum atomic E-state index is -0.702. The fourth-order valence-corrected chi connectivity index (χ4v) is 2.11. The van der Waals surface area contributed by atoms with Crippen LogP contribution in [0, 0.1) is 6.92 Å². The van der Waals surface area contributed by atoms with Crippen LogP contribution in [0.4, 0.5) is 0 Å². The van der Waals surface area contributed by atoms with E-state index in [1.807, 2.05) is 19.1 Å². The van der Waals surface area contributed by atoms with Crippen molar-refractivity contribution < 1.29 is 18.8 Å². The van der Waals surface area contributed by atoms with Crippen molar-refractivity contribution in [3.63, 3.8) is 0 Å². The Hall–Kier alpha value is -2.75. The van der Waals surface area contributed by atoms with Gasteiger partial charge in [-0.05, 0) is 19.1 Å². The largest absolute Gasteiger partial charge is 0.463 e. The van der Waals surface area contributed by atoms with Gasteiger partial charge in [0.05, 0.1) is 11.1 Å². The lowest BCUT2D eigenvalue weighted by molar-refractivity contribution is -0.110. The number of furan rings is 1. The van der Waals surface area contributed by atoms with E-state index in [1.54, 1.807) is 12.1 Å². The van der Waals surface area contributed by atoms with Crippen molar-refractivity contribution in [2.45, 2.75) is 6.92 Å². The second kappa shape index (κ2) is 4.42. The fourth-order valence-electron chi connectivity index (χ4n) is 2.11. The van der Waals surface area contributed by atoms with E-state index in [9.17, 15) is 14.4 Å². The monoisotopic (exact) mass is 266 g/mol. The summed E-state index contributed by atoms with van der Waals surface area (Å²) in [7, 11) is 0. The van der Waals surface area contributed by atoms with Crippen LogP contribution >= 0.6 is 0 Å². The van der Waals surface area contributed by atoms with Gasteiger partial charge in [0.1, 0.15) is 12.0 Å². The number of aryl methyl sites for hydroxylation is 1. The Balaban J connectivity index is 2.08. The molecule has 98 valence electrons. The molecule has 1 aromatic heterocycles. The van der Waals surface area contributed by atoms with Crippen LogP contribution in [-0.2, 0) is 4.79 Å². The number of hydrogen-bond donors (Lipinski definition) is 0. The maximum absolute atomic E-state index is 12.4. The predicted molar refractivity (Wildman–Crippen MR) is 71.7 cm³/mol. The standard InChI is InChI=1S/C16H10O4/c1-9-2-4-10(5-3-9)15(18)11-8-20-13-7-6-12(17)16(19)14(11)13/h2-8H,1H3. The fraction of sp³-hybridized carbons (Fsp3) is 0.0625. The van der Waals surface area contributed by atoms with Gasteiger partial charge in [-0.1, -0.05) is 29.8 Å². The zero-order valence-electron chi connectivity index (χ0n) is 10.7. The van der Waals surface area contributed by atoms with Crippen LogP contribution in [0.2, 0.25) is 0 Å². The van der Waals surface area contributed by atoms with Gasteiger partial charge in [-0.3, -0.25) is 14.4 Å². The Morgan fingerprint density at radius 1 is 1.05 bits per heavy atom. The number of carbonyl (C=O) groups excluding carboxylic acids is 3. The van der Waals surface area contributed by atoms with Crippen LogP contribution in [0.1, 0.15) is 37.6 Å². The summed E-state index contributed by atoms with van der Waals surface area (Å²) < 4.78 is 5.19. The highest BCUT2D eigenvalue weighted by molar-refractivity contribution is 6.51. The lowest BCUT2D eigenvalue weighted by atomic mass is 9.94. The molecule has 0 N–H and O–H groups in total. The molecule has 3 rings (SSSR count). The second-order valence-corrected chi connectivity index (χ2v) is 4.61. The highest BCUT2D eigenvalue weighted by Crippen LogP contribution is 2.25. The third-order valence-electron chi connectivity index (χ3n) is 3.21. The molecule has 0 saturated heterocycles. The smallest absolute Gasteiger partial charge is 0.237 e. The number of allylic oxidation sites excluding steroid dienone is 1. The van der Waals surface area contributed by atoms with Gasteiger partial charge < -0.3 is 4.42 Å². The second-order valence-electron chi connectivity index (χ2n) is 4.61.